The normalized spacial score (nSPS) is 15.5. The molecule has 3 amide bonds. The van der Waals surface area contributed by atoms with Crippen LogP contribution in [0.2, 0.25) is 5.02 Å². The Labute approximate surface area is 188 Å². The van der Waals surface area contributed by atoms with Gasteiger partial charge in [0.25, 0.3) is 5.91 Å². The van der Waals surface area contributed by atoms with Crippen LogP contribution in [0.3, 0.4) is 0 Å². The molecule has 1 aromatic heterocycles. The number of anilines is 2. The maximum atomic E-state index is 12.8. The summed E-state index contributed by atoms with van der Waals surface area (Å²) in [6, 6.07) is 13.5. The van der Waals surface area contributed by atoms with Gasteiger partial charge in [-0.3, -0.25) is 4.79 Å². The summed E-state index contributed by atoms with van der Waals surface area (Å²) < 4.78 is 5.20. The SMILES string of the molecule is COc1cccc(NC(=O)N2CCC[C@@H]2c2nnc(C(=O)Nc3ccc(Cl)cc3)s2)c1. The number of halogens is 1. The number of carbonyl (C=O) groups excluding carboxylic acids is 2. The van der Waals surface area contributed by atoms with Gasteiger partial charge in [-0.05, 0) is 49.2 Å². The Balaban J connectivity index is 1.43. The fourth-order valence-electron chi connectivity index (χ4n) is 3.34. The van der Waals surface area contributed by atoms with Crippen molar-refractivity contribution in [3.63, 3.8) is 0 Å². The molecule has 1 saturated heterocycles. The van der Waals surface area contributed by atoms with Gasteiger partial charge in [-0.1, -0.05) is 29.0 Å². The molecule has 2 aromatic carbocycles. The third-order valence-corrected chi connectivity index (χ3v) is 6.13. The Morgan fingerprint density at radius 3 is 2.71 bits per heavy atom. The highest BCUT2D eigenvalue weighted by Gasteiger charge is 2.33. The number of nitrogens with zero attached hydrogens (tertiary/aromatic N) is 3. The van der Waals surface area contributed by atoms with Crippen LogP contribution < -0.4 is 15.4 Å². The van der Waals surface area contributed by atoms with E-state index >= 15 is 0 Å². The number of nitrogens with one attached hydrogen (secondary N) is 2. The quantitative estimate of drug-likeness (QED) is 0.572. The number of benzene rings is 2. The first-order valence-electron chi connectivity index (χ1n) is 9.65. The number of ether oxygens (including phenoxy) is 1. The summed E-state index contributed by atoms with van der Waals surface area (Å²) in [5, 5.41) is 15.4. The largest absolute Gasteiger partial charge is 0.497 e. The number of hydrogen-bond acceptors (Lipinski definition) is 6. The number of aromatic nitrogens is 2. The van der Waals surface area contributed by atoms with E-state index in [0.29, 0.717) is 33.7 Å². The van der Waals surface area contributed by atoms with Gasteiger partial charge in [0.15, 0.2) is 0 Å². The van der Waals surface area contributed by atoms with Crippen molar-refractivity contribution in [1.29, 1.82) is 0 Å². The first-order chi connectivity index (χ1) is 15.0. The molecular formula is C21H20ClN5O3S. The summed E-state index contributed by atoms with van der Waals surface area (Å²) in [6.07, 6.45) is 1.61. The van der Waals surface area contributed by atoms with E-state index in [0.717, 1.165) is 12.8 Å². The maximum Gasteiger partial charge on any atom is 0.322 e. The minimum absolute atomic E-state index is 0.222. The minimum atomic E-state index is -0.351. The molecule has 8 nitrogen and oxygen atoms in total. The van der Waals surface area contributed by atoms with Crippen molar-refractivity contribution in [2.75, 3.05) is 24.3 Å². The zero-order valence-electron chi connectivity index (χ0n) is 16.7. The van der Waals surface area contributed by atoms with Gasteiger partial charge in [-0.15, -0.1) is 10.2 Å². The van der Waals surface area contributed by atoms with Gasteiger partial charge in [0.05, 0.1) is 13.2 Å². The van der Waals surface area contributed by atoms with Crippen molar-refractivity contribution in [2.45, 2.75) is 18.9 Å². The second-order valence-electron chi connectivity index (χ2n) is 6.92. The van der Waals surface area contributed by atoms with Crippen LogP contribution in [0.5, 0.6) is 5.75 Å². The second kappa shape index (κ2) is 9.32. The Morgan fingerprint density at radius 1 is 1.13 bits per heavy atom. The molecule has 31 heavy (non-hydrogen) atoms. The highest BCUT2D eigenvalue weighted by molar-refractivity contribution is 7.13. The number of carbonyl (C=O) groups is 2. The van der Waals surface area contributed by atoms with E-state index < -0.39 is 0 Å². The number of rotatable bonds is 5. The fraction of sp³-hybridized carbons (Fsp3) is 0.238. The van der Waals surface area contributed by atoms with E-state index in [2.05, 4.69) is 20.8 Å². The molecule has 1 atom stereocenters. The molecule has 0 spiro atoms. The Bertz CT molecular complexity index is 1090. The monoisotopic (exact) mass is 457 g/mol. The number of amides is 3. The van der Waals surface area contributed by atoms with Crippen molar-refractivity contribution in [3.05, 3.63) is 63.6 Å². The van der Waals surface area contributed by atoms with Gasteiger partial charge < -0.3 is 20.3 Å². The smallest absolute Gasteiger partial charge is 0.322 e. The van der Waals surface area contributed by atoms with Crippen molar-refractivity contribution >= 4 is 46.3 Å². The molecule has 4 rings (SSSR count). The summed E-state index contributed by atoms with van der Waals surface area (Å²) in [5.41, 5.74) is 1.27. The molecule has 1 fully saturated rings. The molecule has 0 bridgehead atoms. The zero-order valence-corrected chi connectivity index (χ0v) is 18.2. The molecule has 2 heterocycles. The van der Waals surface area contributed by atoms with Gasteiger partial charge in [0, 0.05) is 29.0 Å². The van der Waals surface area contributed by atoms with Gasteiger partial charge in [-0.2, -0.15) is 0 Å². The molecule has 0 radical (unpaired) electrons. The summed E-state index contributed by atoms with van der Waals surface area (Å²) in [6.45, 7) is 0.604. The van der Waals surface area contributed by atoms with Crippen LogP contribution in [-0.4, -0.2) is 40.7 Å². The van der Waals surface area contributed by atoms with Crippen LogP contribution in [0.4, 0.5) is 16.2 Å². The summed E-state index contributed by atoms with van der Waals surface area (Å²) in [7, 11) is 1.58. The van der Waals surface area contributed by atoms with Gasteiger partial charge in [-0.25, -0.2) is 4.79 Å². The van der Waals surface area contributed by atoms with Gasteiger partial charge in [0.2, 0.25) is 5.01 Å². The average Bonchev–Trinajstić information content (AvgIpc) is 3.45. The van der Waals surface area contributed by atoms with Crippen molar-refractivity contribution in [2.24, 2.45) is 0 Å². The lowest BCUT2D eigenvalue weighted by Gasteiger charge is -2.23. The first-order valence-corrected chi connectivity index (χ1v) is 10.8. The summed E-state index contributed by atoms with van der Waals surface area (Å²) in [5.74, 6) is 0.313. The molecule has 0 aliphatic carbocycles. The lowest BCUT2D eigenvalue weighted by Crippen LogP contribution is -2.34. The fourth-order valence-corrected chi connectivity index (χ4v) is 4.35. The highest BCUT2D eigenvalue weighted by atomic mass is 35.5. The van der Waals surface area contributed by atoms with Crippen LogP contribution in [0.15, 0.2) is 48.5 Å². The van der Waals surface area contributed by atoms with E-state index in [1.807, 2.05) is 12.1 Å². The predicted octanol–water partition coefficient (Wildman–Crippen LogP) is 4.82. The number of hydrogen-bond donors (Lipinski definition) is 2. The Morgan fingerprint density at radius 2 is 1.94 bits per heavy atom. The van der Waals surface area contributed by atoms with Crippen LogP contribution >= 0.6 is 22.9 Å². The van der Waals surface area contributed by atoms with E-state index in [1.165, 1.54) is 11.3 Å². The highest BCUT2D eigenvalue weighted by Crippen LogP contribution is 2.34. The zero-order chi connectivity index (χ0) is 21.8. The number of likely N-dealkylation sites (tertiary alicyclic amines) is 1. The van der Waals surface area contributed by atoms with Gasteiger partial charge >= 0.3 is 6.03 Å². The van der Waals surface area contributed by atoms with Crippen molar-refractivity contribution < 1.29 is 14.3 Å². The van der Waals surface area contributed by atoms with Crippen LogP contribution in [0, 0.1) is 0 Å². The summed E-state index contributed by atoms with van der Waals surface area (Å²) >= 11 is 7.06. The second-order valence-corrected chi connectivity index (χ2v) is 8.37. The maximum absolute atomic E-state index is 12.8. The minimum Gasteiger partial charge on any atom is -0.497 e. The number of methoxy groups -OCH3 is 1. The van der Waals surface area contributed by atoms with E-state index in [1.54, 1.807) is 48.4 Å². The average molecular weight is 458 g/mol. The van der Waals surface area contributed by atoms with Crippen LogP contribution in [-0.2, 0) is 0 Å². The van der Waals surface area contributed by atoms with E-state index in [9.17, 15) is 9.59 Å². The molecule has 160 valence electrons. The van der Waals surface area contributed by atoms with Gasteiger partial charge in [0.1, 0.15) is 10.8 Å². The van der Waals surface area contributed by atoms with Crippen LogP contribution in [0.1, 0.15) is 33.7 Å². The predicted molar refractivity (Wildman–Crippen MR) is 120 cm³/mol. The number of urea groups is 1. The standard InChI is InChI=1S/C21H20ClN5O3S/c1-30-16-5-2-4-15(12-16)24-21(29)27-11-3-6-17(27)19-25-26-20(31-19)18(28)23-14-9-7-13(22)8-10-14/h2,4-5,7-10,12,17H,3,6,11H2,1H3,(H,23,28)(H,24,29)/t17-/m1/s1. The summed E-state index contributed by atoms with van der Waals surface area (Å²) in [4.78, 5) is 27.1. The Hall–Kier alpha value is -3.17. The molecule has 0 unspecified atom stereocenters. The molecule has 1 aliphatic heterocycles. The topological polar surface area (TPSA) is 96.4 Å². The Kier molecular flexibility index (Phi) is 6.34. The third-order valence-electron chi connectivity index (χ3n) is 4.86. The molecule has 2 N–H and O–H groups in total. The van der Waals surface area contributed by atoms with E-state index in [-0.39, 0.29) is 23.0 Å². The molecule has 3 aromatic rings. The lowest BCUT2D eigenvalue weighted by atomic mass is 10.2. The molecule has 0 saturated carbocycles. The first kappa shape index (κ1) is 21.1. The van der Waals surface area contributed by atoms with Crippen molar-refractivity contribution in [3.8, 4) is 5.75 Å². The molecule has 1 aliphatic rings. The molecule has 10 heteroatoms. The third kappa shape index (κ3) is 4.95. The molecular weight excluding hydrogens is 438 g/mol. The van der Waals surface area contributed by atoms with Crippen molar-refractivity contribution in [1.82, 2.24) is 15.1 Å². The van der Waals surface area contributed by atoms with Crippen LogP contribution in [0.25, 0.3) is 0 Å². The van der Waals surface area contributed by atoms with E-state index in [4.69, 9.17) is 16.3 Å². The lowest BCUT2D eigenvalue weighted by molar-refractivity contribution is 0.102.